The molecule has 0 saturated carbocycles. The lowest BCUT2D eigenvalue weighted by molar-refractivity contribution is -0.0575. The molecule has 0 bridgehead atoms. The number of benzene rings is 4. The Labute approximate surface area is 320 Å². The molecule has 2 aliphatic rings. The number of rotatable bonds is 16. The lowest BCUT2D eigenvalue weighted by atomic mass is 9.90. The Morgan fingerprint density at radius 1 is 0.907 bits per heavy atom. The molecule has 0 spiro atoms. The summed E-state index contributed by atoms with van der Waals surface area (Å²) in [6.45, 7) is 20.8. The predicted octanol–water partition coefficient (Wildman–Crippen LogP) is 8.49. The van der Waals surface area contributed by atoms with Crippen LogP contribution in [0.4, 0.5) is 5.69 Å². The summed E-state index contributed by atoms with van der Waals surface area (Å²) in [4.78, 5) is 16.2. The number of amides is 1. The number of hydrogen-bond acceptors (Lipinski definition) is 7. The molecule has 0 radical (unpaired) electrons. The van der Waals surface area contributed by atoms with E-state index in [1.165, 1.54) is 6.21 Å². The van der Waals surface area contributed by atoms with Gasteiger partial charge in [0, 0.05) is 72.1 Å². The first-order valence-electron chi connectivity index (χ1n) is 19.1. The molecular weight excluding hydrogens is 677 g/mol. The molecule has 5 rings (SSSR count). The summed E-state index contributed by atoms with van der Waals surface area (Å²) >= 11 is 0. The Bertz CT molecular complexity index is 2140. The molecule has 0 atom stereocenters. The van der Waals surface area contributed by atoms with Gasteiger partial charge < -0.3 is 23.9 Å². The molecule has 9 heteroatoms. The average Bonchev–Trinajstić information content (AvgIpc) is 3.15. The summed E-state index contributed by atoms with van der Waals surface area (Å²) in [5, 5.41) is 17.0. The van der Waals surface area contributed by atoms with Crippen molar-refractivity contribution in [3.05, 3.63) is 101 Å². The summed E-state index contributed by atoms with van der Waals surface area (Å²) < 4.78 is 20.7. The molecule has 1 amide bonds. The molecular formula is C45H57N4O5+. The van der Waals surface area contributed by atoms with Crippen molar-refractivity contribution >= 4 is 28.8 Å². The Morgan fingerprint density at radius 3 is 2.35 bits per heavy atom. The molecule has 3 aromatic carbocycles. The third-order valence-corrected chi connectivity index (χ3v) is 10.2. The first kappa shape index (κ1) is 40.2. The molecule has 0 saturated heterocycles. The molecule has 0 aromatic heterocycles. The lowest BCUT2D eigenvalue weighted by Crippen LogP contribution is -2.31. The summed E-state index contributed by atoms with van der Waals surface area (Å²) in [6.07, 6.45) is 2.87. The van der Waals surface area contributed by atoms with Gasteiger partial charge in [0.25, 0.3) is 5.91 Å². The van der Waals surface area contributed by atoms with Crippen molar-refractivity contribution in [1.29, 1.82) is 0 Å². The number of carbonyl (C=O) groups is 1. The van der Waals surface area contributed by atoms with Crippen LogP contribution in [0.15, 0.2) is 88.4 Å². The zero-order valence-electron chi connectivity index (χ0n) is 33.5. The third kappa shape index (κ3) is 9.38. The van der Waals surface area contributed by atoms with Crippen molar-refractivity contribution in [3.8, 4) is 28.2 Å². The van der Waals surface area contributed by atoms with E-state index in [1.54, 1.807) is 13.2 Å². The number of anilines is 1. The molecule has 0 fully saturated rings. The molecule has 54 heavy (non-hydrogen) atoms. The van der Waals surface area contributed by atoms with Crippen LogP contribution in [0.5, 0.6) is 5.75 Å². The van der Waals surface area contributed by atoms with Gasteiger partial charge in [-0.05, 0) is 109 Å². The monoisotopic (exact) mass is 733 g/mol. The summed E-state index contributed by atoms with van der Waals surface area (Å²) in [7, 11) is 1.71. The van der Waals surface area contributed by atoms with E-state index < -0.39 is 5.60 Å². The van der Waals surface area contributed by atoms with Gasteiger partial charge in [-0.25, -0.2) is 10.0 Å². The van der Waals surface area contributed by atoms with Gasteiger partial charge in [0.2, 0.25) is 5.36 Å². The number of hydrogen-bond donors (Lipinski definition) is 2. The van der Waals surface area contributed by atoms with E-state index in [1.807, 2.05) is 64.1 Å². The van der Waals surface area contributed by atoms with Crippen molar-refractivity contribution in [3.63, 3.8) is 0 Å². The zero-order chi connectivity index (χ0) is 39.0. The number of methoxy groups -OCH3 is 1. The molecule has 2 N–H and O–H groups in total. The largest absolute Gasteiger partial charge is 0.507 e. The quantitative estimate of drug-likeness (QED) is 0.0457. The number of nitrogens with one attached hydrogen (secondary N) is 1. The van der Waals surface area contributed by atoms with E-state index in [4.69, 9.17) is 13.9 Å². The van der Waals surface area contributed by atoms with Crippen LogP contribution in [-0.4, -0.2) is 68.3 Å². The molecule has 3 aromatic rings. The summed E-state index contributed by atoms with van der Waals surface area (Å²) in [5.74, 6) is 0.444. The fourth-order valence-electron chi connectivity index (χ4n) is 6.88. The van der Waals surface area contributed by atoms with E-state index in [-0.39, 0.29) is 17.3 Å². The lowest BCUT2D eigenvalue weighted by Gasteiger charge is -2.29. The van der Waals surface area contributed by atoms with Crippen molar-refractivity contribution in [1.82, 2.24) is 10.0 Å². The number of phenols is 1. The molecule has 0 unspecified atom stereocenters. The second kappa shape index (κ2) is 17.4. The van der Waals surface area contributed by atoms with E-state index in [9.17, 15) is 9.90 Å². The van der Waals surface area contributed by atoms with E-state index in [2.05, 4.69) is 84.1 Å². The van der Waals surface area contributed by atoms with Crippen molar-refractivity contribution in [2.24, 2.45) is 5.10 Å². The predicted molar refractivity (Wildman–Crippen MR) is 221 cm³/mol. The Balaban J connectivity index is 1.47. The fraction of sp³-hybridized carbons (Fsp3) is 0.400. The van der Waals surface area contributed by atoms with E-state index >= 15 is 0 Å². The van der Waals surface area contributed by atoms with Crippen molar-refractivity contribution in [2.45, 2.75) is 79.4 Å². The van der Waals surface area contributed by atoms with Gasteiger partial charge in [-0.15, -0.1) is 0 Å². The summed E-state index contributed by atoms with van der Waals surface area (Å²) in [6, 6.07) is 25.6. The van der Waals surface area contributed by atoms with Crippen LogP contribution in [-0.2, 0) is 15.9 Å². The van der Waals surface area contributed by atoms with Gasteiger partial charge in [0.05, 0.1) is 30.1 Å². The number of carbonyl (C=O) groups excluding carboxylic acids is 1. The Morgan fingerprint density at radius 2 is 1.65 bits per heavy atom. The Hall–Kier alpha value is -4.99. The smallest absolute Gasteiger partial charge is 0.271 e. The minimum Gasteiger partial charge on any atom is -0.507 e. The van der Waals surface area contributed by atoms with Crippen molar-refractivity contribution in [2.75, 3.05) is 44.8 Å². The third-order valence-electron chi connectivity index (χ3n) is 10.2. The maximum absolute atomic E-state index is 13.9. The molecule has 1 aliphatic heterocycles. The minimum absolute atomic E-state index is 0.0665. The average molecular weight is 734 g/mol. The van der Waals surface area contributed by atoms with Gasteiger partial charge in [-0.2, -0.15) is 5.10 Å². The highest BCUT2D eigenvalue weighted by molar-refractivity contribution is 6.09. The highest BCUT2D eigenvalue weighted by atomic mass is 16.5. The molecule has 9 nitrogen and oxygen atoms in total. The second-order valence-electron chi connectivity index (χ2n) is 14.8. The van der Waals surface area contributed by atoms with Crippen LogP contribution in [0.1, 0.15) is 83.3 Å². The molecule has 1 aliphatic carbocycles. The molecule has 286 valence electrons. The SMILES string of the molecule is CCN(CC)c1ccc2c(-c3ccccc3C(=O)N/N=C/c3cc(CC(C)(C)OCCC(C)(C)OC)ccc3O)c3ccc(=[N+](CC)CC)cc-3oc2c1. The van der Waals surface area contributed by atoms with Crippen LogP contribution in [0.25, 0.3) is 33.4 Å². The number of ether oxygens (including phenoxy) is 2. The van der Waals surface area contributed by atoms with Crippen LogP contribution in [0.2, 0.25) is 0 Å². The van der Waals surface area contributed by atoms with Gasteiger partial charge in [0.1, 0.15) is 30.2 Å². The van der Waals surface area contributed by atoms with E-state index in [0.717, 1.165) is 82.6 Å². The van der Waals surface area contributed by atoms with Gasteiger partial charge >= 0.3 is 0 Å². The second-order valence-corrected chi connectivity index (χ2v) is 14.8. The van der Waals surface area contributed by atoms with Gasteiger partial charge in [0.15, 0.2) is 0 Å². The highest BCUT2D eigenvalue weighted by Crippen LogP contribution is 2.42. The summed E-state index contributed by atoms with van der Waals surface area (Å²) in [5.41, 5.74) is 8.38. The number of hydrazone groups is 1. The number of fused-ring (bicyclic) bond motifs is 2. The van der Waals surface area contributed by atoms with Crippen LogP contribution in [0, 0.1) is 0 Å². The van der Waals surface area contributed by atoms with Crippen molar-refractivity contribution < 1.29 is 23.8 Å². The standard InChI is InChI=1S/C45H56N4O5/c1-10-48(11-2)33-19-21-37-40(27-33)54-41-28-34(49(12-3)13-4)20-22-38(41)42(37)35-16-14-15-17-36(35)43(51)47-46-30-32-26-31(18-23-39(32)50)29-45(7,8)53-25-24-44(5,6)52-9/h14-23,26-28,30,51H,10-13,24-25,29H2,1-9H3/p+1. The normalized spacial score (nSPS) is 12.2. The molecule has 1 heterocycles. The van der Waals surface area contributed by atoms with Crippen LogP contribution in [0.3, 0.4) is 0 Å². The number of phenolic OH excluding ortho intramolecular Hbond substituents is 1. The highest BCUT2D eigenvalue weighted by Gasteiger charge is 2.24. The first-order chi connectivity index (χ1) is 25.8. The first-order valence-corrected chi connectivity index (χ1v) is 19.1. The maximum atomic E-state index is 13.9. The fourth-order valence-corrected chi connectivity index (χ4v) is 6.88. The topological polar surface area (TPSA) is 99.5 Å². The number of nitrogens with zero attached hydrogens (tertiary/aromatic N) is 3. The van der Waals surface area contributed by atoms with Crippen LogP contribution >= 0.6 is 0 Å². The van der Waals surface area contributed by atoms with E-state index in [0.29, 0.717) is 24.2 Å². The van der Waals surface area contributed by atoms with Gasteiger partial charge in [-0.1, -0.05) is 24.3 Å². The minimum atomic E-state index is -0.438. The zero-order valence-corrected chi connectivity index (χ0v) is 33.5. The van der Waals surface area contributed by atoms with Gasteiger partial charge in [-0.3, -0.25) is 4.79 Å². The Kier molecular flexibility index (Phi) is 13.0. The number of aromatic hydroxyl groups is 1. The maximum Gasteiger partial charge on any atom is 0.271 e. The van der Waals surface area contributed by atoms with Crippen LogP contribution < -0.4 is 20.3 Å².